The number of aromatic nitrogens is 1. The lowest BCUT2D eigenvalue weighted by molar-refractivity contribution is -0.123. The molecule has 35 heavy (non-hydrogen) atoms. The predicted molar refractivity (Wildman–Crippen MR) is 138 cm³/mol. The average Bonchev–Trinajstić information content (AvgIpc) is 3.38. The molecule has 1 saturated heterocycles. The summed E-state index contributed by atoms with van der Waals surface area (Å²) in [5.74, 6) is 3.68. The Balaban J connectivity index is 0.963. The number of nitrogens with one attached hydrogen (secondary N) is 1. The van der Waals surface area contributed by atoms with Gasteiger partial charge in [-0.1, -0.05) is 0 Å². The third kappa shape index (κ3) is 6.48. The van der Waals surface area contributed by atoms with E-state index in [-0.39, 0.29) is 5.91 Å². The summed E-state index contributed by atoms with van der Waals surface area (Å²) in [5, 5.41) is 3.35. The van der Waals surface area contributed by atoms with E-state index in [0.29, 0.717) is 24.5 Å². The Morgan fingerprint density at radius 1 is 1.06 bits per heavy atom. The van der Waals surface area contributed by atoms with Crippen LogP contribution in [0.1, 0.15) is 69.8 Å². The fourth-order valence-electron chi connectivity index (χ4n) is 6.58. The summed E-state index contributed by atoms with van der Waals surface area (Å²) in [6, 6.07) is 2.48. The topological polar surface area (TPSA) is 66.9 Å². The number of amides is 1. The van der Waals surface area contributed by atoms with E-state index in [2.05, 4.69) is 26.2 Å². The molecule has 0 aromatic carbocycles. The van der Waals surface area contributed by atoms with E-state index in [0.717, 1.165) is 95.2 Å². The van der Waals surface area contributed by atoms with Crippen LogP contribution in [0, 0.1) is 11.8 Å². The standard InChI is InChI=1S/C28H44N4O3/c1-34-25-8-4-22(5-9-25)20-26(33)30-24-6-2-21(3-7-24)11-14-31-15-17-32(18-16-31)28-27-23(10-13-29-28)12-19-35-27/h10,13,21-22,24-25H,2-9,11-12,14-20H2,1H3,(H,30,33). The van der Waals surface area contributed by atoms with Gasteiger partial charge in [0.15, 0.2) is 11.6 Å². The Labute approximate surface area is 210 Å². The number of anilines is 1. The zero-order chi connectivity index (χ0) is 24.0. The molecular formula is C28H44N4O3. The van der Waals surface area contributed by atoms with Crippen LogP contribution >= 0.6 is 0 Å². The quantitative estimate of drug-likeness (QED) is 0.606. The van der Waals surface area contributed by atoms with Gasteiger partial charge in [-0.3, -0.25) is 9.69 Å². The maximum Gasteiger partial charge on any atom is 0.220 e. The average molecular weight is 485 g/mol. The first-order chi connectivity index (χ1) is 17.2. The molecular weight excluding hydrogens is 440 g/mol. The lowest BCUT2D eigenvalue weighted by atomic mass is 9.83. The molecule has 5 rings (SSSR count). The first kappa shape index (κ1) is 24.8. The van der Waals surface area contributed by atoms with E-state index in [1.165, 1.54) is 31.4 Å². The largest absolute Gasteiger partial charge is 0.489 e. The highest BCUT2D eigenvalue weighted by atomic mass is 16.5. The molecule has 1 aromatic rings. The minimum absolute atomic E-state index is 0.274. The Morgan fingerprint density at radius 3 is 2.54 bits per heavy atom. The van der Waals surface area contributed by atoms with Crippen molar-refractivity contribution >= 4 is 11.7 Å². The van der Waals surface area contributed by atoms with Crippen LogP contribution < -0.4 is 15.0 Å². The molecule has 0 atom stereocenters. The van der Waals surface area contributed by atoms with E-state index in [1.807, 2.05) is 6.20 Å². The molecule has 0 radical (unpaired) electrons. The molecule has 3 heterocycles. The molecule has 7 heteroatoms. The van der Waals surface area contributed by atoms with Crippen molar-refractivity contribution < 1.29 is 14.3 Å². The highest BCUT2D eigenvalue weighted by molar-refractivity contribution is 5.76. The van der Waals surface area contributed by atoms with Gasteiger partial charge in [0.25, 0.3) is 0 Å². The molecule has 194 valence electrons. The summed E-state index contributed by atoms with van der Waals surface area (Å²) in [5.41, 5.74) is 1.30. The first-order valence-corrected chi connectivity index (χ1v) is 14.1. The fourth-order valence-corrected chi connectivity index (χ4v) is 6.58. The number of carbonyl (C=O) groups is 1. The molecule has 1 amide bonds. The molecule has 0 unspecified atom stereocenters. The summed E-state index contributed by atoms with van der Waals surface area (Å²) < 4.78 is 11.3. The summed E-state index contributed by atoms with van der Waals surface area (Å²) in [6.07, 6.45) is 14.6. The number of nitrogens with zero attached hydrogens (tertiary/aromatic N) is 3. The zero-order valence-electron chi connectivity index (χ0n) is 21.6. The first-order valence-electron chi connectivity index (χ1n) is 14.1. The molecule has 1 N–H and O–H groups in total. The number of hydrogen-bond acceptors (Lipinski definition) is 6. The van der Waals surface area contributed by atoms with Crippen LogP contribution in [0.25, 0.3) is 0 Å². The van der Waals surface area contributed by atoms with Gasteiger partial charge >= 0.3 is 0 Å². The van der Waals surface area contributed by atoms with Crippen molar-refractivity contribution in [2.24, 2.45) is 11.8 Å². The van der Waals surface area contributed by atoms with Gasteiger partial charge in [-0.05, 0) is 82.2 Å². The van der Waals surface area contributed by atoms with Gasteiger partial charge in [0, 0.05) is 63.9 Å². The summed E-state index contributed by atoms with van der Waals surface area (Å²) >= 11 is 0. The maximum absolute atomic E-state index is 12.6. The summed E-state index contributed by atoms with van der Waals surface area (Å²) in [4.78, 5) is 22.2. The lowest BCUT2D eigenvalue weighted by Gasteiger charge is -2.37. The van der Waals surface area contributed by atoms with E-state index < -0.39 is 0 Å². The number of carbonyl (C=O) groups excluding carboxylic acids is 1. The second-order valence-electron chi connectivity index (χ2n) is 11.2. The third-order valence-electron chi connectivity index (χ3n) is 8.92. The van der Waals surface area contributed by atoms with Crippen molar-refractivity contribution in [1.29, 1.82) is 0 Å². The molecule has 1 aromatic heterocycles. The van der Waals surface area contributed by atoms with Crippen molar-refractivity contribution in [3.8, 4) is 5.75 Å². The van der Waals surface area contributed by atoms with Gasteiger partial charge < -0.3 is 19.7 Å². The van der Waals surface area contributed by atoms with Gasteiger partial charge in [-0.15, -0.1) is 0 Å². The summed E-state index contributed by atoms with van der Waals surface area (Å²) in [7, 11) is 1.80. The Morgan fingerprint density at radius 2 is 1.80 bits per heavy atom. The molecule has 2 aliphatic heterocycles. The third-order valence-corrected chi connectivity index (χ3v) is 8.92. The van der Waals surface area contributed by atoms with Gasteiger partial charge in [0.1, 0.15) is 0 Å². The normalized spacial score (nSPS) is 29.5. The van der Waals surface area contributed by atoms with Crippen molar-refractivity contribution in [3.05, 3.63) is 17.8 Å². The number of fused-ring (bicyclic) bond motifs is 1. The monoisotopic (exact) mass is 484 g/mol. The van der Waals surface area contributed by atoms with Crippen molar-refractivity contribution in [3.63, 3.8) is 0 Å². The Hall–Kier alpha value is -1.86. The lowest BCUT2D eigenvalue weighted by Crippen LogP contribution is -2.47. The molecule has 0 bridgehead atoms. The van der Waals surface area contributed by atoms with E-state index in [1.54, 1.807) is 7.11 Å². The molecule has 2 saturated carbocycles. The van der Waals surface area contributed by atoms with Crippen molar-refractivity contribution in [1.82, 2.24) is 15.2 Å². The van der Waals surface area contributed by atoms with Gasteiger partial charge in [0.2, 0.25) is 5.91 Å². The van der Waals surface area contributed by atoms with Crippen LogP contribution in [0.3, 0.4) is 0 Å². The Bertz CT molecular complexity index is 825. The SMILES string of the molecule is COC1CCC(CC(=O)NC2CCC(CCN3CCN(c4nccc5c4OCC5)CC3)CC2)CC1. The Kier molecular flexibility index (Phi) is 8.45. The van der Waals surface area contributed by atoms with E-state index >= 15 is 0 Å². The van der Waals surface area contributed by atoms with Crippen LogP contribution in [0.5, 0.6) is 5.75 Å². The van der Waals surface area contributed by atoms with Crippen molar-refractivity contribution in [2.45, 2.75) is 82.8 Å². The summed E-state index contributed by atoms with van der Waals surface area (Å²) in [6.45, 7) is 6.23. The highest BCUT2D eigenvalue weighted by Crippen LogP contribution is 2.35. The maximum atomic E-state index is 12.6. The number of rotatable bonds is 8. The highest BCUT2D eigenvalue weighted by Gasteiger charge is 2.28. The molecule has 3 fully saturated rings. The van der Waals surface area contributed by atoms with E-state index in [9.17, 15) is 4.79 Å². The van der Waals surface area contributed by atoms with Crippen LogP contribution in [0.2, 0.25) is 0 Å². The smallest absolute Gasteiger partial charge is 0.220 e. The second-order valence-corrected chi connectivity index (χ2v) is 11.2. The van der Waals surface area contributed by atoms with Crippen molar-refractivity contribution in [2.75, 3.05) is 51.3 Å². The second kappa shape index (κ2) is 11.9. The number of methoxy groups -OCH3 is 1. The van der Waals surface area contributed by atoms with Crippen LogP contribution in [-0.4, -0.2) is 74.4 Å². The van der Waals surface area contributed by atoms with Gasteiger partial charge in [-0.25, -0.2) is 4.98 Å². The molecule has 7 nitrogen and oxygen atoms in total. The minimum Gasteiger partial charge on any atom is -0.489 e. The van der Waals surface area contributed by atoms with E-state index in [4.69, 9.17) is 9.47 Å². The zero-order valence-corrected chi connectivity index (χ0v) is 21.6. The van der Waals surface area contributed by atoms with Gasteiger partial charge in [-0.2, -0.15) is 0 Å². The number of pyridine rings is 1. The number of hydrogen-bond donors (Lipinski definition) is 1. The predicted octanol–water partition coefficient (Wildman–Crippen LogP) is 3.80. The minimum atomic E-state index is 0.274. The van der Waals surface area contributed by atoms with Crippen LogP contribution in [-0.2, 0) is 16.0 Å². The number of piperazine rings is 1. The molecule has 2 aliphatic carbocycles. The van der Waals surface area contributed by atoms with Gasteiger partial charge in [0.05, 0.1) is 12.7 Å². The fraction of sp³-hybridized carbons (Fsp3) is 0.786. The number of ether oxygens (including phenoxy) is 2. The van der Waals surface area contributed by atoms with Crippen LogP contribution in [0.4, 0.5) is 5.82 Å². The van der Waals surface area contributed by atoms with Crippen LogP contribution in [0.15, 0.2) is 12.3 Å². The molecule has 0 spiro atoms. The molecule has 4 aliphatic rings.